The molecular formula is C22H29N7O4. The first-order chi connectivity index (χ1) is 16.0. The Labute approximate surface area is 191 Å². The standard InChI is InChI=1S/C22H29N7O4/c1-33-10-18(32)27-16-7-12-4-2-3-5-15(12)19(16)28-22-20(29-23)21(24-11-25-22)26-14-6-13(9-30)17(31)8-14/h2-5,11,13-14,16-17,19,23,30-31H,6-10H2,1H3,(H,27,32)(H2,24,25,26,28). The molecule has 4 rings (SSSR count). The lowest BCUT2D eigenvalue weighted by atomic mass is 10.1. The summed E-state index contributed by atoms with van der Waals surface area (Å²) in [5, 5.41) is 32.8. The summed E-state index contributed by atoms with van der Waals surface area (Å²) in [5.41, 5.74) is 10.1. The number of carbonyl (C=O) groups excluding carboxylic acids is 1. The van der Waals surface area contributed by atoms with Crippen LogP contribution in [0.2, 0.25) is 0 Å². The van der Waals surface area contributed by atoms with Gasteiger partial charge in [0.15, 0.2) is 17.3 Å². The van der Waals surface area contributed by atoms with Crippen molar-refractivity contribution in [2.75, 3.05) is 31.0 Å². The van der Waals surface area contributed by atoms with E-state index in [1.807, 2.05) is 24.3 Å². The van der Waals surface area contributed by atoms with E-state index in [2.05, 4.69) is 31.0 Å². The van der Waals surface area contributed by atoms with Crippen LogP contribution in [0.15, 0.2) is 35.7 Å². The van der Waals surface area contributed by atoms with E-state index in [4.69, 9.17) is 10.3 Å². The highest BCUT2D eigenvalue weighted by Gasteiger charge is 2.35. The molecule has 1 amide bonds. The van der Waals surface area contributed by atoms with Crippen LogP contribution < -0.4 is 16.0 Å². The van der Waals surface area contributed by atoms with Gasteiger partial charge in [0.05, 0.1) is 18.2 Å². The second-order valence-electron chi connectivity index (χ2n) is 8.49. The number of amides is 1. The maximum Gasteiger partial charge on any atom is 0.246 e. The minimum Gasteiger partial charge on any atom is -0.396 e. The van der Waals surface area contributed by atoms with E-state index in [9.17, 15) is 15.0 Å². The Balaban J connectivity index is 1.57. The third-order valence-electron chi connectivity index (χ3n) is 6.31. The van der Waals surface area contributed by atoms with Gasteiger partial charge >= 0.3 is 0 Å². The van der Waals surface area contributed by atoms with Crippen LogP contribution in [0.25, 0.3) is 0 Å². The van der Waals surface area contributed by atoms with Crippen molar-refractivity contribution in [3.05, 3.63) is 41.7 Å². The van der Waals surface area contributed by atoms with Crippen LogP contribution in [0.3, 0.4) is 0 Å². The molecule has 1 aromatic carbocycles. The predicted molar refractivity (Wildman–Crippen MR) is 120 cm³/mol. The van der Waals surface area contributed by atoms with Crippen LogP contribution in [0.5, 0.6) is 0 Å². The van der Waals surface area contributed by atoms with Crippen molar-refractivity contribution in [1.82, 2.24) is 15.3 Å². The fourth-order valence-electron chi connectivity index (χ4n) is 4.74. The molecule has 1 heterocycles. The summed E-state index contributed by atoms with van der Waals surface area (Å²) in [6.07, 6.45) is 2.50. The Bertz CT molecular complexity index is 1000. The van der Waals surface area contributed by atoms with Crippen LogP contribution in [0, 0.1) is 11.4 Å². The van der Waals surface area contributed by atoms with E-state index in [-0.39, 0.29) is 48.9 Å². The van der Waals surface area contributed by atoms with E-state index < -0.39 is 6.10 Å². The van der Waals surface area contributed by atoms with Gasteiger partial charge in [0, 0.05) is 25.7 Å². The molecule has 11 nitrogen and oxygen atoms in total. The molecule has 5 unspecified atom stereocenters. The summed E-state index contributed by atoms with van der Waals surface area (Å²) in [6.45, 7) is -0.112. The molecule has 33 heavy (non-hydrogen) atoms. The van der Waals surface area contributed by atoms with E-state index in [1.165, 1.54) is 13.4 Å². The molecule has 5 atom stereocenters. The van der Waals surface area contributed by atoms with Gasteiger partial charge in [-0.25, -0.2) is 15.5 Å². The fourth-order valence-corrected chi connectivity index (χ4v) is 4.74. The van der Waals surface area contributed by atoms with Crippen molar-refractivity contribution in [1.29, 1.82) is 5.53 Å². The number of fused-ring (bicyclic) bond motifs is 1. The lowest BCUT2D eigenvalue weighted by Crippen LogP contribution is -2.41. The quantitative estimate of drug-likeness (QED) is 0.310. The van der Waals surface area contributed by atoms with Gasteiger partial charge in [0.25, 0.3) is 0 Å². The highest BCUT2D eigenvalue weighted by Crippen LogP contribution is 2.39. The first kappa shape index (κ1) is 23.0. The van der Waals surface area contributed by atoms with Crippen LogP contribution >= 0.6 is 0 Å². The number of hydrogen-bond donors (Lipinski definition) is 6. The number of nitrogens with one attached hydrogen (secondary N) is 4. The molecular weight excluding hydrogens is 426 g/mol. The molecule has 176 valence electrons. The van der Waals surface area contributed by atoms with E-state index in [0.717, 1.165) is 11.1 Å². The number of anilines is 2. The molecule has 0 aliphatic heterocycles. The molecule has 2 aliphatic rings. The highest BCUT2D eigenvalue weighted by atomic mass is 16.5. The maximum absolute atomic E-state index is 12.2. The Hall–Kier alpha value is -3.15. The normalized spacial score (nSPS) is 26.0. The molecule has 0 spiro atoms. The Morgan fingerprint density at radius 2 is 2.00 bits per heavy atom. The Morgan fingerprint density at radius 3 is 2.70 bits per heavy atom. The van der Waals surface area contributed by atoms with Crippen molar-refractivity contribution in [2.45, 2.75) is 43.5 Å². The molecule has 1 saturated carbocycles. The lowest BCUT2D eigenvalue weighted by molar-refractivity contribution is -0.125. The third-order valence-corrected chi connectivity index (χ3v) is 6.31. The molecule has 1 aromatic heterocycles. The number of ether oxygens (including phenoxy) is 1. The number of aliphatic hydroxyl groups excluding tert-OH is 2. The van der Waals surface area contributed by atoms with Crippen molar-refractivity contribution >= 4 is 23.2 Å². The van der Waals surface area contributed by atoms with Crippen LogP contribution in [0.1, 0.15) is 30.0 Å². The fraction of sp³-hybridized carbons (Fsp3) is 0.500. The van der Waals surface area contributed by atoms with Gasteiger partial charge < -0.3 is 30.9 Å². The summed E-state index contributed by atoms with van der Waals surface area (Å²) < 4.78 is 4.95. The summed E-state index contributed by atoms with van der Waals surface area (Å²) >= 11 is 0. The molecule has 1 fully saturated rings. The number of aromatic nitrogens is 2. The monoisotopic (exact) mass is 455 g/mol. The molecule has 6 N–H and O–H groups in total. The van der Waals surface area contributed by atoms with Crippen LogP contribution in [0.4, 0.5) is 17.3 Å². The predicted octanol–water partition coefficient (Wildman–Crippen LogP) is 1.52. The lowest BCUT2D eigenvalue weighted by Gasteiger charge is -2.24. The van der Waals surface area contributed by atoms with Gasteiger partial charge in [-0.3, -0.25) is 4.79 Å². The van der Waals surface area contributed by atoms with Gasteiger partial charge in [-0.1, -0.05) is 24.3 Å². The number of methoxy groups -OCH3 is 1. The van der Waals surface area contributed by atoms with Crippen molar-refractivity contribution < 1.29 is 19.7 Å². The number of rotatable bonds is 9. The zero-order chi connectivity index (χ0) is 23.4. The van der Waals surface area contributed by atoms with E-state index in [1.54, 1.807) is 0 Å². The topological polar surface area (TPSA) is 165 Å². The number of aliphatic hydroxyl groups is 2. The van der Waals surface area contributed by atoms with E-state index >= 15 is 0 Å². The average Bonchev–Trinajstić information content (AvgIpc) is 3.33. The van der Waals surface area contributed by atoms with Crippen LogP contribution in [-0.2, 0) is 16.0 Å². The molecule has 2 aromatic rings. The van der Waals surface area contributed by atoms with Gasteiger partial charge in [-0.15, -0.1) is 0 Å². The minimum absolute atomic E-state index is 0.0312. The Kier molecular flexibility index (Phi) is 7.11. The van der Waals surface area contributed by atoms with Crippen molar-refractivity contribution in [3.8, 4) is 0 Å². The summed E-state index contributed by atoms with van der Waals surface area (Å²) in [5.74, 6) is 0.345. The minimum atomic E-state index is -0.588. The zero-order valence-corrected chi connectivity index (χ0v) is 18.4. The first-order valence-corrected chi connectivity index (χ1v) is 10.9. The highest BCUT2D eigenvalue weighted by molar-refractivity contribution is 5.78. The third kappa shape index (κ3) is 4.95. The number of nitrogens with zero attached hydrogens (tertiary/aromatic N) is 3. The second-order valence-corrected chi connectivity index (χ2v) is 8.49. The zero-order valence-electron chi connectivity index (χ0n) is 18.4. The largest absolute Gasteiger partial charge is 0.396 e. The molecule has 2 aliphatic carbocycles. The summed E-state index contributed by atoms with van der Waals surface area (Å²) in [4.78, 5) is 20.8. The van der Waals surface area contributed by atoms with Crippen molar-refractivity contribution in [2.24, 2.45) is 11.0 Å². The average molecular weight is 456 g/mol. The van der Waals surface area contributed by atoms with Gasteiger partial charge in [-0.2, -0.15) is 5.11 Å². The summed E-state index contributed by atoms with van der Waals surface area (Å²) in [6, 6.07) is 7.32. The SMILES string of the molecule is COCC(=O)NC1Cc2ccccc2C1Nc1ncnc(NC2CC(O)C(CO)C2)c1N=N. The molecule has 0 bridgehead atoms. The Morgan fingerprint density at radius 1 is 1.24 bits per heavy atom. The van der Waals surface area contributed by atoms with Gasteiger partial charge in [0.1, 0.15) is 12.9 Å². The van der Waals surface area contributed by atoms with E-state index in [0.29, 0.717) is 30.9 Å². The van der Waals surface area contributed by atoms with Crippen LogP contribution in [-0.4, -0.2) is 64.6 Å². The number of hydrogen-bond acceptors (Lipinski definition) is 10. The molecule has 0 saturated heterocycles. The summed E-state index contributed by atoms with van der Waals surface area (Å²) in [7, 11) is 1.47. The van der Waals surface area contributed by atoms with Crippen molar-refractivity contribution in [3.63, 3.8) is 0 Å². The molecule has 0 radical (unpaired) electrons. The first-order valence-electron chi connectivity index (χ1n) is 10.9. The maximum atomic E-state index is 12.2. The second kappa shape index (κ2) is 10.2. The number of benzene rings is 1. The number of carbonyl (C=O) groups is 1. The smallest absolute Gasteiger partial charge is 0.246 e. The molecule has 11 heteroatoms. The van der Waals surface area contributed by atoms with Gasteiger partial charge in [0.2, 0.25) is 5.91 Å². The van der Waals surface area contributed by atoms with Gasteiger partial charge in [-0.05, 0) is 30.4 Å².